The number of hydrogen-bond donors (Lipinski definition) is 1. The number of hydroxylamine groups is 2. The third kappa shape index (κ3) is 2.03. The second-order valence-electron chi connectivity index (χ2n) is 3.08. The molecular formula is C10H14N2O2. The Labute approximate surface area is 83.2 Å². The van der Waals surface area contributed by atoms with Gasteiger partial charge in [0, 0.05) is 12.7 Å². The van der Waals surface area contributed by atoms with Gasteiger partial charge in [0.15, 0.2) is 0 Å². The topological polar surface area (TPSA) is 55.6 Å². The predicted molar refractivity (Wildman–Crippen MR) is 54.7 cm³/mol. The van der Waals surface area contributed by atoms with Crippen LogP contribution in [0, 0.1) is 6.92 Å². The molecule has 0 atom stereocenters. The third-order valence-corrected chi connectivity index (χ3v) is 2.00. The molecule has 0 aliphatic carbocycles. The monoisotopic (exact) mass is 194 g/mol. The molecular weight excluding hydrogens is 180 g/mol. The van der Waals surface area contributed by atoms with Crippen LogP contribution in [0.25, 0.3) is 0 Å². The van der Waals surface area contributed by atoms with E-state index in [1.807, 2.05) is 13.0 Å². The minimum absolute atomic E-state index is 0.242. The Bertz CT molecular complexity index is 350. The highest BCUT2D eigenvalue weighted by atomic mass is 16.7. The molecule has 0 aliphatic rings. The Hall–Kier alpha value is -1.55. The molecule has 4 nitrogen and oxygen atoms in total. The first-order valence-corrected chi connectivity index (χ1v) is 4.24. The molecule has 1 aromatic carbocycles. The number of carbonyl (C=O) groups excluding carboxylic acids is 1. The van der Waals surface area contributed by atoms with Gasteiger partial charge >= 0.3 is 0 Å². The normalized spacial score (nSPS) is 9.93. The quantitative estimate of drug-likeness (QED) is 0.568. The van der Waals surface area contributed by atoms with Crippen LogP contribution in [-0.4, -0.2) is 25.1 Å². The first-order valence-electron chi connectivity index (χ1n) is 4.24. The molecule has 0 aliphatic heterocycles. The smallest absolute Gasteiger partial charge is 0.279 e. The van der Waals surface area contributed by atoms with Gasteiger partial charge in [-0.05, 0) is 19.1 Å². The van der Waals surface area contributed by atoms with E-state index < -0.39 is 0 Å². The van der Waals surface area contributed by atoms with Crippen LogP contribution < -0.4 is 5.73 Å². The zero-order chi connectivity index (χ0) is 10.7. The van der Waals surface area contributed by atoms with E-state index in [1.54, 1.807) is 19.2 Å². The van der Waals surface area contributed by atoms with Crippen molar-refractivity contribution in [3.8, 4) is 0 Å². The van der Waals surface area contributed by atoms with Gasteiger partial charge in [-0.3, -0.25) is 9.63 Å². The van der Waals surface area contributed by atoms with Gasteiger partial charge in [0.05, 0.1) is 12.7 Å². The van der Waals surface area contributed by atoms with Gasteiger partial charge in [0.2, 0.25) is 0 Å². The van der Waals surface area contributed by atoms with Gasteiger partial charge in [0.1, 0.15) is 0 Å². The minimum atomic E-state index is -0.242. The molecule has 0 heterocycles. The number of benzene rings is 1. The highest BCUT2D eigenvalue weighted by Gasteiger charge is 2.14. The minimum Gasteiger partial charge on any atom is -0.398 e. The molecule has 0 spiro atoms. The van der Waals surface area contributed by atoms with Crippen molar-refractivity contribution >= 4 is 11.6 Å². The molecule has 0 unspecified atom stereocenters. The van der Waals surface area contributed by atoms with Crippen LogP contribution in [0.5, 0.6) is 0 Å². The summed E-state index contributed by atoms with van der Waals surface area (Å²) in [7, 11) is 2.98. The lowest BCUT2D eigenvalue weighted by atomic mass is 10.1. The summed E-state index contributed by atoms with van der Waals surface area (Å²) in [5.41, 5.74) is 7.60. The number of hydrogen-bond acceptors (Lipinski definition) is 3. The average molecular weight is 194 g/mol. The zero-order valence-electron chi connectivity index (χ0n) is 8.57. The SMILES string of the molecule is CON(C)C(=O)c1cc(C)ccc1N. The molecule has 4 heteroatoms. The third-order valence-electron chi connectivity index (χ3n) is 2.00. The van der Waals surface area contributed by atoms with E-state index >= 15 is 0 Å². The molecule has 1 aromatic rings. The number of amides is 1. The second kappa shape index (κ2) is 4.11. The lowest BCUT2D eigenvalue weighted by Crippen LogP contribution is -2.26. The summed E-state index contributed by atoms with van der Waals surface area (Å²) in [6.07, 6.45) is 0. The Morgan fingerprint density at radius 2 is 2.14 bits per heavy atom. The maximum absolute atomic E-state index is 11.7. The van der Waals surface area contributed by atoms with Crippen LogP contribution in [0.3, 0.4) is 0 Å². The maximum atomic E-state index is 11.7. The van der Waals surface area contributed by atoms with Crippen molar-refractivity contribution < 1.29 is 9.63 Å². The van der Waals surface area contributed by atoms with E-state index in [1.165, 1.54) is 7.11 Å². The molecule has 14 heavy (non-hydrogen) atoms. The fourth-order valence-corrected chi connectivity index (χ4v) is 1.11. The van der Waals surface area contributed by atoms with Crippen molar-refractivity contribution in [1.82, 2.24) is 5.06 Å². The lowest BCUT2D eigenvalue weighted by molar-refractivity contribution is -0.0756. The molecule has 0 radical (unpaired) electrons. The standard InChI is InChI=1S/C10H14N2O2/c1-7-4-5-9(11)8(6-7)10(13)12(2)14-3/h4-6H,11H2,1-3H3. The van der Waals surface area contributed by atoms with Crippen LogP contribution in [0.2, 0.25) is 0 Å². The van der Waals surface area contributed by atoms with E-state index in [4.69, 9.17) is 10.6 Å². The number of nitrogen functional groups attached to an aromatic ring is 1. The Kier molecular flexibility index (Phi) is 3.09. The molecule has 76 valence electrons. The van der Waals surface area contributed by atoms with Gasteiger partial charge in [0.25, 0.3) is 5.91 Å². The van der Waals surface area contributed by atoms with Crippen LogP contribution in [0.1, 0.15) is 15.9 Å². The summed E-state index contributed by atoms with van der Waals surface area (Å²) in [6.45, 7) is 1.91. The Morgan fingerprint density at radius 3 is 2.71 bits per heavy atom. The number of anilines is 1. The molecule has 0 fully saturated rings. The molecule has 1 amide bonds. The van der Waals surface area contributed by atoms with Crippen molar-refractivity contribution in [2.45, 2.75) is 6.92 Å². The van der Waals surface area contributed by atoms with Crippen LogP contribution in [0.4, 0.5) is 5.69 Å². The van der Waals surface area contributed by atoms with Gasteiger partial charge in [-0.2, -0.15) is 0 Å². The summed E-state index contributed by atoms with van der Waals surface area (Å²) < 4.78 is 0. The van der Waals surface area contributed by atoms with Gasteiger partial charge in [-0.1, -0.05) is 11.6 Å². The Balaban J connectivity index is 3.06. The summed E-state index contributed by atoms with van der Waals surface area (Å²) >= 11 is 0. The van der Waals surface area contributed by atoms with Crippen molar-refractivity contribution in [1.29, 1.82) is 0 Å². The molecule has 2 N–H and O–H groups in total. The van der Waals surface area contributed by atoms with E-state index in [2.05, 4.69) is 0 Å². The second-order valence-corrected chi connectivity index (χ2v) is 3.08. The van der Waals surface area contributed by atoms with Gasteiger partial charge in [-0.15, -0.1) is 0 Å². The van der Waals surface area contributed by atoms with Crippen LogP contribution >= 0.6 is 0 Å². The fourth-order valence-electron chi connectivity index (χ4n) is 1.11. The fraction of sp³-hybridized carbons (Fsp3) is 0.300. The van der Waals surface area contributed by atoms with Crippen LogP contribution in [0.15, 0.2) is 18.2 Å². The summed E-state index contributed by atoms with van der Waals surface area (Å²) in [4.78, 5) is 16.5. The van der Waals surface area contributed by atoms with Gasteiger partial charge in [-0.25, -0.2) is 5.06 Å². The first kappa shape index (κ1) is 10.5. The van der Waals surface area contributed by atoms with Crippen molar-refractivity contribution in [3.05, 3.63) is 29.3 Å². The largest absolute Gasteiger partial charge is 0.398 e. The van der Waals surface area contributed by atoms with E-state index in [0.717, 1.165) is 10.6 Å². The number of nitrogens with zero attached hydrogens (tertiary/aromatic N) is 1. The maximum Gasteiger partial charge on any atom is 0.279 e. The van der Waals surface area contributed by atoms with Crippen molar-refractivity contribution in [2.75, 3.05) is 19.9 Å². The Morgan fingerprint density at radius 1 is 1.50 bits per heavy atom. The van der Waals surface area contributed by atoms with E-state index in [9.17, 15) is 4.79 Å². The van der Waals surface area contributed by atoms with Crippen molar-refractivity contribution in [3.63, 3.8) is 0 Å². The molecule has 0 aromatic heterocycles. The highest BCUT2D eigenvalue weighted by Crippen LogP contribution is 2.15. The summed E-state index contributed by atoms with van der Waals surface area (Å²) in [5, 5.41) is 1.14. The van der Waals surface area contributed by atoms with E-state index in [-0.39, 0.29) is 5.91 Å². The summed E-state index contributed by atoms with van der Waals surface area (Å²) in [5.74, 6) is -0.242. The average Bonchev–Trinajstić information content (AvgIpc) is 2.19. The molecule has 1 rings (SSSR count). The van der Waals surface area contributed by atoms with Crippen molar-refractivity contribution in [2.24, 2.45) is 0 Å². The lowest BCUT2D eigenvalue weighted by Gasteiger charge is -2.15. The number of rotatable bonds is 2. The van der Waals surface area contributed by atoms with Gasteiger partial charge < -0.3 is 5.73 Å². The molecule has 0 saturated heterocycles. The summed E-state index contributed by atoms with van der Waals surface area (Å²) in [6, 6.07) is 5.32. The van der Waals surface area contributed by atoms with Crippen LogP contribution in [-0.2, 0) is 4.84 Å². The molecule has 0 bridgehead atoms. The highest BCUT2D eigenvalue weighted by molar-refractivity contribution is 5.98. The van der Waals surface area contributed by atoms with E-state index in [0.29, 0.717) is 11.3 Å². The number of carbonyl (C=O) groups is 1. The first-order chi connectivity index (χ1) is 6.56. The number of nitrogens with two attached hydrogens (primary N) is 1. The molecule has 0 saturated carbocycles. The zero-order valence-corrected chi connectivity index (χ0v) is 8.57. The predicted octanol–water partition coefficient (Wildman–Crippen LogP) is 1.21. The number of aryl methyl sites for hydroxylation is 1.